The van der Waals surface area contributed by atoms with Crippen molar-refractivity contribution in [2.24, 2.45) is 11.1 Å². The first kappa shape index (κ1) is 18.6. The molecule has 1 saturated heterocycles. The summed E-state index contributed by atoms with van der Waals surface area (Å²) in [5.41, 5.74) is 2.76. The predicted molar refractivity (Wildman–Crippen MR) is 82.7 cm³/mol. The summed E-state index contributed by atoms with van der Waals surface area (Å²) in [7, 11) is 0. The number of likely N-dealkylation sites (tertiary alicyclic amines) is 1. The summed E-state index contributed by atoms with van der Waals surface area (Å²) in [6.07, 6.45) is 1.07. The van der Waals surface area contributed by atoms with Crippen molar-refractivity contribution in [1.82, 2.24) is 4.90 Å². The molecule has 1 aromatic carbocycles. The second-order valence-corrected chi connectivity index (χ2v) is 6.81. The molecule has 7 heteroatoms. The normalized spacial score (nSPS) is 23.1. The van der Waals surface area contributed by atoms with Crippen molar-refractivity contribution in [3.63, 3.8) is 0 Å². The first-order valence-corrected chi connectivity index (χ1v) is 7.38. The third kappa shape index (κ3) is 5.70. The molecule has 0 aromatic heterocycles. The lowest BCUT2D eigenvalue weighted by atomic mass is 9.90. The van der Waals surface area contributed by atoms with Crippen LogP contribution in [0.5, 0.6) is 0 Å². The predicted octanol–water partition coefficient (Wildman–Crippen LogP) is 3.89. The minimum absolute atomic E-state index is 0. The Kier molecular flexibility index (Phi) is 6.40. The van der Waals surface area contributed by atoms with Gasteiger partial charge >= 0.3 is 5.51 Å². The van der Waals surface area contributed by atoms with E-state index in [2.05, 4.69) is 11.8 Å². The third-order valence-electron chi connectivity index (χ3n) is 3.69. The van der Waals surface area contributed by atoms with Crippen LogP contribution in [0.25, 0.3) is 0 Å². The Labute approximate surface area is 133 Å². The van der Waals surface area contributed by atoms with E-state index < -0.39 is 5.51 Å². The van der Waals surface area contributed by atoms with Crippen molar-refractivity contribution < 1.29 is 13.2 Å². The molecule has 0 bridgehead atoms. The Morgan fingerprint density at radius 3 is 2.38 bits per heavy atom. The zero-order valence-electron chi connectivity index (χ0n) is 11.8. The fraction of sp³-hybridized carbons (Fsp3) is 0.571. The molecule has 0 amide bonds. The van der Waals surface area contributed by atoms with Gasteiger partial charge in [-0.15, -0.1) is 12.4 Å². The summed E-state index contributed by atoms with van der Waals surface area (Å²) in [4.78, 5) is 2.54. The molecule has 120 valence electrons. The van der Waals surface area contributed by atoms with E-state index in [0.29, 0.717) is 6.54 Å². The molecule has 1 aliphatic rings. The molecule has 1 fully saturated rings. The summed E-state index contributed by atoms with van der Waals surface area (Å²) in [5, 5.41) is 0. The number of nitrogens with zero attached hydrogens (tertiary/aromatic N) is 1. The van der Waals surface area contributed by atoms with Gasteiger partial charge in [0.25, 0.3) is 0 Å². The molecule has 0 radical (unpaired) electrons. The Bertz CT molecular complexity index is 453. The van der Waals surface area contributed by atoms with Gasteiger partial charge < -0.3 is 5.73 Å². The van der Waals surface area contributed by atoms with Crippen LogP contribution in [0.4, 0.5) is 13.2 Å². The van der Waals surface area contributed by atoms with E-state index in [1.54, 1.807) is 12.1 Å². The molecule has 2 nitrogen and oxygen atoms in total. The van der Waals surface area contributed by atoms with Crippen LogP contribution in [-0.4, -0.2) is 30.0 Å². The Balaban J connectivity index is 0.00000220. The van der Waals surface area contributed by atoms with Crippen LogP contribution < -0.4 is 5.73 Å². The molecule has 1 heterocycles. The number of hydrogen-bond donors (Lipinski definition) is 1. The molecule has 1 atom stereocenters. The number of nitrogens with two attached hydrogens (primary N) is 1. The zero-order valence-corrected chi connectivity index (χ0v) is 13.5. The Morgan fingerprint density at radius 2 is 1.90 bits per heavy atom. The molecule has 2 N–H and O–H groups in total. The van der Waals surface area contributed by atoms with Gasteiger partial charge in [-0.2, -0.15) is 13.2 Å². The van der Waals surface area contributed by atoms with Crippen LogP contribution in [0.3, 0.4) is 0 Å². The van der Waals surface area contributed by atoms with Gasteiger partial charge in [-0.05, 0) is 54.4 Å². The SMILES string of the molecule is CC1(CN)CCN(Cc2ccc(SC(F)(F)F)cc2)C1.Cl. The second-order valence-electron chi connectivity index (χ2n) is 5.67. The number of benzene rings is 1. The molecule has 2 rings (SSSR count). The van der Waals surface area contributed by atoms with Crippen molar-refractivity contribution >= 4 is 24.2 Å². The summed E-state index contributed by atoms with van der Waals surface area (Å²) in [5.74, 6) is 0. The van der Waals surface area contributed by atoms with Crippen LogP contribution in [0.1, 0.15) is 18.9 Å². The monoisotopic (exact) mass is 340 g/mol. The second kappa shape index (κ2) is 7.22. The van der Waals surface area contributed by atoms with Crippen molar-refractivity contribution in [3.05, 3.63) is 29.8 Å². The van der Waals surface area contributed by atoms with E-state index in [4.69, 9.17) is 5.73 Å². The number of halogens is 4. The van der Waals surface area contributed by atoms with E-state index >= 15 is 0 Å². The van der Waals surface area contributed by atoms with Gasteiger partial charge in [-0.1, -0.05) is 19.1 Å². The van der Waals surface area contributed by atoms with Gasteiger partial charge in [0.2, 0.25) is 0 Å². The maximum atomic E-state index is 12.2. The smallest absolute Gasteiger partial charge is 0.330 e. The number of thioether (sulfide) groups is 1. The van der Waals surface area contributed by atoms with Gasteiger partial charge in [0.05, 0.1) is 0 Å². The van der Waals surface area contributed by atoms with Crippen molar-refractivity contribution in [1.29, 1.82) is 0 Å². The number of hydrogen-bond acceptors (Lipinski definition) is 3. The molecule has 0 saturated carbocycles. The lowest BCUT2D eigenvalue weighted by Gasteiger charge is -2.22. The van der Waals surface area contributed by atoms with Crippen molar-refractivity contribution in [2.75, 3.05) is 19.6 Å². The number of rotatable bonds is 4. The standard InChI is InChI=1S/C14H19F3N2S.ClH/c1-13(9-18)6-7-19(10-13)8-11-2-4-12(5-3-11)20-14(15,16)17;/h2-5H,6-10,18H2,1H3;1H. The van der Waals surface area contributed by atoms with Crippen molar-refractivity contribution in [2.45, 2.75) is 30.3 Å². The summed E-state index contributed by atoms with van der Waals surface area (Å²) in [6.45, 7) is 5.56. The lowest BCUT2D eigenvalue weighted by molar-refractivity contribution is -0.0328. The van der Waals surface area contributed by atoms with Gasteiger partial charge in [0.15, 0.2) is 0 Å². The topological polar surface area (TPSA) is 29.3 Å². The highest BCUT2D eigenvalue weighted by Gasteiger charge is 2.32. The molecular formula is C14H20ClF3N2S. The first-order chi connectivity index (χ1) is 9.30. The molecule has 21 heavy (non-hydrogen) atoms. The average molecular weight is 341 g/mol. The van der Waals surface area contributed by atoms with Crippen LogP contribution in [-0.2, 0) is 6.54 Å². The van der Waals surface area contributed by atoms with Gasteiger partial charge in [0, 0.05) is 18.0 Å². The van der Waals surface area contributed by atoms with Gasteiger partial charge in [0.1, 0.15) is 0 Å². The molecule has 0 aliphatic carbocycles. The van der Waals surface area contributed by atoms with Gasteiger partial charge in [-0.3, -0.25) is 4.90 Å². The van der Waals surface area contributed by atoms with Crippen LogP contribution in [0.2, 0.25) is 0 Å². The average Bonchev–Trinajstić information content (AvgIpc) is 2.73. The quantitative estimate of drug-likeness (QED) is 0.843. The zero-order chi connectivity index (χ0) is 14.8. The largest absolute Gasteiger partial charge is 0.446 e. The Morgan fingerprint density at radius 1 is 1.29 bits per heavy atom. The van der Waals surface area contributed by atoms with Gasteiger partial charge in [-0.25, -0.2) is 0 Å². The molecule has 1 aromatic rings. The molecule has 0 spiro atoms. The fourth-order valence-electron chi connectivity index (χ4n) is 2.48. The van der Waals surface area contributed by atoms with Crippen molar-refractivity contribution in [3.8, 4) is 0 Å². The minimum atomic E-state index is -4.22. The van der Waals surface area contributed by atoms with E-state index in [1.807, 2.05) is 0 Å². The minimum Gasteiger partial charge on any atom is -0.330 e. The summed E-state index contributed by atoms with van der Waals surface area (Å²) in [6, 6.07) is 6.61. The molecule has 1 aliphatic heterocycles. The van der Waals surface area contributed by atoms with E-state index in [9.17, 15) is 13.2 Å². The summed E-state index contributed by atoms with van der Waals surface area (Å²) < 4.78 is 36.7. The maximum Gasteiger partial charge on any atom is 0.446 e. The Hall–Kier alpha value is -0.430. The highest BCUT2D eigenvalue weighted by Crippen LogP contribution is 2.37. The highest BCUT2D eigenvalue weighted by molar-refractivity contribution is 8.00. The van der Waals surface area contributed by atoms with Crippen LogP contribution >= 0.6 is 24.2 Å². The van der Waals surface area contributed by atoms with E-state index in [1.165, 1.54) is 12.1 Å². The summed E-state index contributed by atoms with van der Waals surface area (Å²) >= 11 is -0.0746. The lowest BCUT2D eigenvalue weighted by Crippen LogP contribution is -2.31. The molecule has 1 unspecified atom stereocenters. The van der Waals surface area contributed by atoms with E-state index in [-0.39, 0.29) is 34.5 Å². The molecular weight excluding hydrogens is 321 g/mol. The van der Waals surface area contributed by atoms with Crippen LogP contribution in [0, 0.1) is 5.41 Å². The highest BCUT2D eigenvalue weighted by atomic mass is 35.5. The third-order valence-corrected chi connectivity index (χ3v) is 4.43. The van der Waals surface area contributed by atoms with E-state index in [0.717, 1.165) is 31.6 Å². The number of alkyl halides is 3. The fourth-order valence-corrected chi connectivity index (χ4v) is 3.02. The first-order valence-electron chi connectivity index (χ1n) is 6.57. The van der Waals surface area contributed by atoms with Crippen LogP contribution in [0.15, 0.2) is 29.2 Å². The maximum absolute atomic E-state index is 12.2.